The second kappa shape index (κ2) is 46.0. The number of anilines is 4. The number of amides is 4. The van der Waals surface area contributed by atoms with E-state index in [2.05, 4.69) is 112 Å². The highest BCUT2D eigenvalue weighted by Crippen LogP contribution is 2.33. The molecule has 4 saturated heterocycles. The van der Waals surface area contributed by atoms with Gasteiger partial charge in [-0.15, -0.1) is 20.4 Å². The lowest BCUT2D eigenvalue weighted by Crippen LogP contribution is -2.50. The molecule has 16 aromatic rings. The monoisotopic (exact) mass is 1930 g/mol. The fraction of sp³-hybridized carbons (Fsp3) is 0.269. The fourth-order valence-electron chi connectivity index (χ4n) is 16.7. The molecule has 0 bridgehead atoms. The molecule has 730 valence electrons. The largest absolute Gasteiger partial charge is 0.481 e. The minimum atomic E-state index is -0.986. The Hall–Kier alpha value is -17.3. The van der Waals surface area contributed by atoms with Crippen molar-refractivity contribution >= 4 is 46.9 Å². The lowest BCUT2D eigenvalue weighted by Gasteiger charge is -2.35. The van der Waals surface area contributed by atoms with E-state index >= 15 is 0 Å². The number of aromatic nitrogens is 20. The zero-order valence-electron chi connectivity index (χ0n) is 80.0. The molecule has 8 aromatic heterocycles. The predicted molar refractivity (Wildman–Crippen MR) is 532 cm³/mol. The summed E-state index contributed by atoms with van der Waals surface area (Å²) in [5.74, 6) is 7.49. The van der Waals surface area contributed by atoms with Gasteiger partial charge in [0, 0.05) is 173 Å². The quantitative estimate of drug-likeness (QED) is 0.0513. The number of carbonyl (C=O) groups excluding carboxylic acids is 4. The summed E-state index contributed by atoms with van der Waals surface area (Å²) in [5, 5.41) is 18.6. The molecule has 20 rings (SSSR count). The Labute approximate surface area is 823 Å². The van der Waals surface area contributed by atoms with Crippen molar-refractivity contribution in [2.24, 2.45) is 0 Å². The Morgan fingerprint density at radius 1 is 0.287 bits per heavy atom. The number of aryl methyl sites for hydroxylation is 1. The van der Waals surface area contributed by atoms with E-state index in [1.54, 1.807) is 71.6 Å². The number of benzene rings is 8. The smallest absolute Gasteiger partial charge is 0.244 e. The third-order valence-electron chi connectivity index (χ3n) is 24.5. The zero-order chi connectivity index (χ0) is 99.2. The van der Waals surface area contributed by atoms with Gasteiger partial charge in [-0.25, -0.2) is 91.7 Å². The molecule has 4 fully saturated rings. The molecule has 4 amide bonds. The Morgan fingerprint density at radius 2 is 0.559 bits per heavy atom. The SMILES string of the molecule is COc1cc(N2CCN(C(=O)Cn3nc(-c4ccc(F)c(F)c4)nc3-c3ccccc3)CC2)ncn1.COc1cc(N2CCN(C(=O)Cn3nc(-c4ccc(F)cc4)nc3-c3ccccc3)CC2)ncn1.COc1cc(N2CCN(C(=O)Cn3nc(-c4cccc(C(C)C)c4)nc3-c3ccccc3)CC2)ncn1.COc1cc(N2CCN(C(=O)Cn3nc(-c4cccc(C)c4)nc3-c3ccccc3)CC2)ncn1. The number of piperazine rings is 4. The number of hydrogen-bond donors (Lipinski definition) is 0. The van der Waals surface area contributed by atoms with Crippen molar-refractivity contribution < 1.29 is 51.3 Å². The Balaban J connectivity index is 0.000000131. The molecule has 0 saturated carbocycles. The highest BCUT2D eigenvalue weighted by atomic mass is 19.2. The third kappa shape index (κ3) is 24.3. The van der Waals surface area contributed by atoms with Crippen LogP contribution in [0.3, 0.4) is 0 Å². The van der Waals surface area contributed by atoms with Crippen molar-refractivity contribution in [3.8, 4) is 115 Å². The summed E-state index contributed by atoms with van der Waals surface area (Å²) in [6.07, 6.45) is 5.91. The van der Waals surface area contributed by atoms with Gasteiger partial charge < -0.3 is 58.1 Å². The number of rotatable bonds is 25. The molecule has 8 aromatic carbocycles. The Morgan fingerprint density at radius 3 is 0.846 bits per heavy atom. The van der Waals surface area contributed by atoms with Crippen LogP contribution < -0.4 is 38.5 Å². The summed E-state index contributed by atoms with van der Waals surface area (Å²) in [5.41, 5.74) is 8.71. The van der Waals surface area contributed by atoms with Crippen LogP contribution in [0.2, 0.25) is 0 Å². The van der Waals surface area contributed by atoms with Crippen LogP contribution >= 0.6 is 0 Å². The van der Waals surface area contributed by atoms with Crippen LogP contribution in [-0.2, 0) is 45.4 Å². The molecule has 0 aliphatic carbocycles. The van der Waals surface area contributed by atoms with E-state index in [1.165, 1.54) is 53.8 Å². The lowest BCUT2D eigenvalue weighted by molar-refractivity contribution is -0.133. The van der Waals surface area contributed by atoms with Gasteiger partial charge in [0.2, 0.25) is 47.1 Å². The van der Waals surface area contributed by atoms with Crippen LogP contribution in [-0.4, -0.2) is 275 Å². The molecule has 36 nitrogen and oxygen atoms in total. The molecular formula is C104H105F3N28O8. The molecule has 0 atom stereocenters. The van der Waals surface area contributed by atoms with Gasteiger partial charge in [0.1, 0.15) is 80.6 Å². The van der Waals surface area contributed by atoms with E-state index in [1.807, 2.05) is 185 Å². The van der Waals surface area contributed by atoms with E-state index in [0.717, 1.165) is 74.3 Å². The van der Waals surface area contributed by atoms with Crippen LogP contribution in [0.4, 0.5) is 36.4 Å². The van der Waals surface area contributed by atoms with Gasteiger partial charge in [-0.1, -0.05) is 177 Å². The van der Waals surface area contributed by atoms with E-state index in [4.69, 9.17) is 39.1 Å². The standard InChI is InChI=1S/C28H31N7O2.C26H27N7O2.C25H23F2N7O2.C25H24FN7O2/c1-20(2)22-10-7-11-23(16-22)27-31-28(21-8-5-4-6-9-21)35(32-27)18-26(36)34-14-12-33(13-15-34)24-17-25(37-3)30-19-29-24;1-19-7-6-10-21(15-19)25-29-26(20-8-4-3-5-9-20)33(30-25)17-24(34)32-13-11-31(12-14-32)22-16-23(35-2)28-18-27-22;1-36-22-14-21(28-16-29-22)32-9-11-33(12-10-32)23(35)15-34-25(17-5-3-2-4-6-17)30-24(31-34)18-7-8-19(26)20(27)13-18;1-35-22-15-21(27-17-28-22)31-11-13-32(14-12-31)23(34)16-33-25(19-5-3-2-4-6-19)29-24(30-33)18-7-9-20(26)10-8-18/h4-11,16-17,19-20H,12-15,18H2,1-3H3;3-10,15-16,18H,11-14,17H2,1-2H3;2-8,13-14,16H,9-12,15H2,1H3;2-10,15,17H,11-14,16H2,1H3. The predicted octanol–water partition coefficient (Wildman–Crippen LogP) is 12.9. The van der Waals surface area contributed by atoms with Crippen molar-refractivity contribution in [2.45, 2.75) is 52.9 Å². The van der Waals surface area contributed by atoms with Crippen molar-refractivity contribution in [3.05, 3.63) is 290 Å². The van der Waals surface area contributed by atoms with Gasteiger partial charge in [0.05, 0.1) is 28.4 Å². The fourth-order valence-corrected chi connectivity index (χ4v) is 16.7. The number of carbonyl (C=O) groups is 4. The molecule has 0 radical (unpaired) electrons. The summed E-state index contributed by atoms with van der Waals surface area (Å²) >= 11 is 0. The normalized spacial score (nSPS) is 13.7. The molecule has 4 aliphatic heterocycles. The summed E-state index contributed by atoms with van der Waals surface area (Å²) in [4.78, 5) is 121. The zero-order valence-corrected chi connectivity index (χ0v) is 80.0. The van der Waals surface area contributed by atoms with Crippen molar-refractivity contribution in [1.82, 2.24) is 119 Å². The van der Waals surface area contributed by atoms with Crippen LogP contribution in [0.1, 0.15) is 30.9 Å². The second-order valence-corrected chi connectivity index (χ2v) is 34.1. The second-order valence-electron chi connectivity index (χ2n) is 34.1. The van der Waals surface area contributed by atoms with E-state index < -0.39 is 11.6 Å². The maximum absolute atomic E-state index is 13.8. The summed E-state index contributed by atoms with van der Waals surface area (Å²) in [6, 6.07) is 71.7. The van der Waals surface area contributed by atoms with Crippen LogP contribution in [0.15, 0.2) is 262 Å². The molecule has 12 heterocycles. The molecule has 39 heteroatoms. The number of ether oxygens (including phenoxy) is 4. The van der Waals surface area contributed by atoms with Gasteiger partial charge >= 0.3 is 0 Å². The van der Waals surface area contributed by atoms with Crippen molar-refractivity contribution in [2.75, 3.05) is 153 Å². The molecule has 0 N–H and O–H groups in total. The van der Waals surface area contributed by atoms with Gasteiger partial charge in [0.15, 0.2) is 58.2 Å². The summed E-state index contributed by atoms with van der Waals surface area (Å²) in [6.45, 7) is 16.4. The van der Waals surface area contributed by atoms with Crippen molar-refractivity contribution in [1.29, 1.82) is 0 Å². The average Bonchev–Trinajstić information content (AvgIpc) is 1.67. The third-order valence-corrected chi connectivity index (χ3v) is 24.5. The van der Waals surface area contributed by atoms with Crippen LogP contribution in [0, 0.1) is 24.4 Å². The number of nitrogens with zero attached hydrogens (tertiary/aromatic N) is 28. The highest BCUT2D eigenvalue weighted by molar-refractivity contribution is 5.80. The number of hydrogen-bond acceptors (Lipinski definition) is 28. The number of methoxy groups -OCH3 is 4. The number of halogens is 3. The first kappa shape index (κ1) is 97.4. The first-order valence-corrected chi connectivity index (χ1v) is 46.7. The molecule has 4 aliphatic rings. The average molecular weight is 1930 g/mol. The van der Waals surface area contributed by atoms with Gasteiger partial charge in [-0.3, -0.25) is 19.2 Å². The van der Waals surface area contributed by atoms with Crippen molar-refractivity contribution in [3.63, 3.8) is 0 Å². The summed E-state index contributed by atoms with van der Waals surface area (Å²) < 4.78 is 68.0. The highest BCUT2D eigenvalue weighted by Gasteiger charge is 2.32. The van der Waals surface area contributed by atoms with Gasteiger partial charge in [-0.2, -0.15) is 0 Å². The van der Waals surface area contributed by atoms with E-state index in [9.17, 15) is 32.3 Å². The summed E-state index contributed by atoms with van der Waals surface area (Å²) in [7, 11) is 6.29. The van der Waals surface area contributed by atoms with E-state index in [0.29, 0.717) is 186 Å². The van der Waals surface area contributed by atoms with Gasteiger partial charge in [-0.05, 0) is 73.0 Å². The molecular weight excluding hydrogens is 1830 g/mol. The topological polar surface area (TPSA) is 357 Å². The van der Waals surface area contributed by atoms with Crippen LogP contribution in [0.5, 0.6) is 23.5 Å². The minimum Gasteiger partial charge on any atom is -0.481 e. The first-order chi connectivity index (χ1) is 69.7. The lowest BCUT2D eigenvalue weighted by atomic mass is 10.0. The first-order valence-electron chi connectivity index (χ1n) is 46.7. The maximum atomic E-state index is 13.8. The van der Waals surface area contributed by atoms with E-state index in [-0.39, 0.29) is 61.4 Å². The maximum Gasteiger partial charge on any atom is 0.244 e. The molecule has 0 unspecified atom stereocenters. The van der Waals surface area contributed by atoms with Crippen LogP contribution in [0.25, 0.3) is 91.1 Å². The minimum absolute atomic E-state index is 0.0165. The van der Waals surface area contributed by atoms with Gasteiger partial charge in [0.25, 0.3) is 0 Å². The Kier molecular flexibility index (Phi) is 31.3. The molecule has 0 spiro atoms. The molecule has 143 heavy (non-hydrogen) atoms. The Bertz CT molecular complexity index is 7020.